The van der Waals surface area contributed by atoms with Gasteiger partial charge in [0.25, 0.3) is 11.5 Å². The Morgan fingerprint density at radius 2 is 1.84 bits per heavy atom. The van der Waals surface area contributed by atoms with E-state index in [1.54, 1.807) is 17.4 Å². The number of carbonyl (C=O) groups excluding carboxylic acids is 1. The van der Waals surface area contributed by atoms with E-state index in [4.69, 9.17) is 4.98 Å². The number of carbonyl (C=O) groups is 1. The minimum atomic E-state index is -0.288. The van der Waals surface area contributed by atoms with Crippen LogP contribution in [0.15, 0.2) is 41.2 Å². The van der Waals surface area contributed by atoms with Gasteiger partial charge in [0, 0.05) is 17.0 Å². The van der Waals surface area contributed by atoms with Gasteiger partial charge in [0.1, 0.15) is 4.83 Å². The maximum absolute atomic E-state index is 13.7. The number of hydrogen-bond donors (Lipinski definition) is 2. The molecule has 2 N–H and O–H groups in total. The van der Waals surface area contributed by atoms with Gasteiger partial charge in [-0.3, -0.25) is 25.0 Å². The fourth-order valence-corrected chi connectivity index (χ4v) is 6.13. The zero-order valence-corrected chi connectivity index (χ0v) is 18.9. The van der Waals surface area contributed by atoms with Crippen molar-refractivity contribution < 1.29 is 4.79 Å². The summed E-state index contributed by atoms with van der Waals surface area (Å²) in [5, 5.41) is 0.802. The summed E-state index contributed by atoms with van der Waals surface area (Å²) < 4.78 is 1.81. The van der Waals surface area contributed by atoms with Crippen LogP contribution in [-0.4, -0.2) is 15.5 Å². The molecule has 7 heteroatoms. The Morgan fingerprint density at radius 3 is 2.66 bits per heavy atom. The number of aromatic nitrogens is 2. The SMILES string of the molecule is O=C(/C=C/c1ccccc1)NNc1nc2sc3c(c2c(=O)n1C1CCCCC1)CCCC3. The van der Waals surface area contributed by atoms with Crippen molar-refractivity contribution in [2.75, 3.05) is 5.43 Å². The Bertz CT molecular complexity index is 1210. The van der Waals surface area contributed by atoms with Crippen LogP contribution in [0.1, 0.15) is 67.0 Å². The summed E-state index contributed by atoms with van der Waals surface area (Å²) in [5.41, 5.74) is 7.87. The lowest BCUT2D eigenvalue weighted by molar-refractivity contribution is -0.116. The van der Waals surface area contributed by atoms with Crippen LogP contribution >= 0.6 is 11.3 Å². The molecule has 0 spiro atoms. The molecule has 0 atom stereocenters. The van der Waals surface area contributed by atoms with E-state index in [9.17, 15) is 9.59 Å². The van der Waals surface area contributed by atoms with E-state index in [2.05, 4.69) is 10.9 Å². The summed E-state index contributed by atoms with van der Waals surface area (Å²) in [6, 6.07) is 9.79. The van der Waals surface area contributed by atoms with Crippen molar-refractivity contribution in [3.05, 3.63) is 62.8 Å². The number of hydrazine groups is 1. The van der Waals surface area contributed by atoms with E-state index in [1.165, 1.54) is 29.4 Å². The summed E-state index contributed by atoms with van der Waals surface area (Å²) in [5.74, 6) is 0.151. The first kappa shape index (κ1) is 20.9. The van der Waals surface area contributed by atoms with Crippen molar-refractivity contribution in [1.82, 2.24) is 15.0 Å². The molecule has 1 fully saturated rings. The molecule has 2 aliphatic rings. The number of fused-ring (bicyclic) bond motifs is 3. The van der Waals surface area contributed by atoms with E-state index in [1.807, 2.05) is 34.9 Å². The van der Waals surface area contributed by atoms with Crippen molar-refractivity contribution in [3.8, 4) is 0 Å². The van der Waals surface area contributed by atoms with Gasteiger partial charge in [0.15, 0.2) is 0 Å². The summed E-state index contributed by atoms with van der Waals surface area (Å²) >= 11 is 1.63. The summed E-state index contributed by atoms with van der Waals surface area (Å²) in [7, 11) is 0. The van der Waals surface area contributed by atoms with Gasteiger partial charge < -0.3 is 0 Å². The maximum atomic E-state index is 13.7. The number of hydrogen-bond acceptors (Lipinski definition) is 5. The first-order valence-corrected chi connectivity index (χ1v) is 12.4. The van der Waals surface area contributed by atoms with E-state index >= 15 is 0 Å². The number of aryl methyl sites for hydroxylation is 2. The first-order chi connectivity index (χ1) is 15.7. The van der Waals surface area contributed by atoms with Crippen molar-refractivity contribution in [2.45, 2.75) is 63.8 Å². The molecule has 3 aromatic rings. The molecule has 6 nitrogen and oxygen atoms in total. The fraction of sp³-hybridized carbons (Fsp3) is 0.400. The van der Waals surface area contributed by atoms with Gasteiger partial charge in [0.2, 0.25) is 5.95 Å². The van der Waals surface area contributed by atoms with Crippen LogP contribution in [-0.2, 0) is 17.6 Å². The van der Waals surface area contributed by atoms with Gasteiger partial charge in [-0.25, -0.2) is 4.98 Å². The smallest absolute Gasteiger partial charge is 0.264 e. The average Bonchev–Trinajstić information content (AvgIpc) is 3.21. The normalized spacial score (nSPS) is 16.9. The molecule has 166 valence electrons. The molecule has 0 bridgehead atoms. The van der Waals surface area contributed by atoms with E-state index in [-0.39, 0.29) is 17.5 Å². The number of nitrogens with zero attached hydrogens (tertiary/aromatic N) is 2. The van der Waals surface area contributed by atoms with Crippen molar-refractivity contribution in [1.29, 1.82) is 0 Å². The third-order valence-corrected chi connectivity index (χ3v) is 7.67. The summed E-state index contributed by atoms with van der Waals surface area (Å²) in [6.45, 7) is 0. The Morgan fingerprint density at radius 1 is 1.06 bits per heavy atom. The largest absolute Gasteiger partial charge is 0.274 e. The molecule has 1 aromatic carbocycles. The van der Waals surface area contributed by atoms with Crippen LogP contribution in [0.4, 0.5) is 5.95 Å². The van der Waals surface area contributed by atoms with Crippen molar-refractivity contribution in [2.24, 2.45) is 0 Å². The molecule has 2 heterocycles. The lowest BCUT2D eigenvalue weighted by atomic mass is 9.94. The third-order valence-electron chi connectivity index (χ3n) is 6.49. The van der Waals surface area contributed by atoms with Crippen LogP contribution in [0.25, 0.3) is 16.3 Å². The molecule has 32 heavy (non-hydrogen) atoms. The highest BCUT2D eigenvalue weighted by Gasteiger charge is 2.26. The number of nitrogens with one attached hydrogen (secondary N) is 2. The molecule has 0 saturated heterocycles. The van der Waals surface area contributed by atoms with Gasteiger partial charge in [-0.15, -0.1) is 11.3 Å². The Labute approximate surface area is 191 Å². The molecule has 1 amide bonds. The topological polar surface area (TPSA) is 76.0 Å². The second-order valence-electron chi connectivity index (χ2n) is 8.65. The lowest BCUT2D eigenvalue weighted by Crippen LogP contribution is -2.35. The molecule has 1 saturated carbocycles. The lowest BCUT2D eigenvalue weighted by Gasteiger charge is -2.26. The molecule has 5 rings (SSSR count). The quantitative estimate of drug-likeness (QED) is 0.425. The molecule has 2 aromatic heterocycles. The highest BCUT2D eigenvalue weighted by Crippen LogP contribution is 2.36. The monoisotopic (exact) mass is 448 g/mol. The molecular weight excluding hydrogens is 420 g/mol. The Hall–Kier alpha value is -2.93. The molecule has 0 unspecified atom stereocenters. The number of thiophene rings is 1. The second kappa shape index (κ2) is 9.28. The molecule has 2 aliphatic carbocycles. The third kappa shape index (κ3) is 4.21. The van der Waals surface area contributed by atoms with Gasteiger partial charge >= 0.3 is 0 Å². The Balaban J connectivity index is 1.46. The second-order valence-corrected chi connectivity index (χ2v) is 9.74. The number of rotatable bonds is 5. The first-order valence-electron chi connectivity index (χ1n) is 11.6. The van der Waals surface area contributed by atoms with E-state index in [0.717, 1.165) is 60.7 Å². The van der Waals surface area contributed by atoms with Crippen LogP contribution in [0.2, 0.25) is 0 Å². The van der Waals surface area contributed by atoms with Crippen LogP contribution in [0.5, 0.6) is 0 Å². The molecule has 0 aliphatic heterocycles. The standard InChI is InChI=1S/C25H28N4O2S/c30-21(16-15-17-9-3-1-4-10-17)27-28-25-26-23-22(19-13-7-8-14-20(19)32-23)24(31)29(25)18-11-5-2-6-12-18/h1,3-4,9-10,15-16,18H,2,5-8,11-14H2,(H,26,28)(H,27,30)/b16-15+. The predicted octanol–water partition coefficient (Wildman–Crippen LogP) is 5.00. The number of amides is 1. The van der Waals surface area contributed by atoms with Crippen molar-refractivity contribution >= 4 is 39.5 Å². The Kier molecular flexibility index (Phi) is 6.08. The van der Waals surface area contributed by atoms with Gasteiger partial charge in [-0.2, -0.15) is 0 Å². The van der Waals surface area contributed by atoms with Gasteiger partial charge in [-0.05, 0) is 55.7 Å². The van der Waals surface area contributed by atoms with E-state index < -0.39 is 0 Å². The van der Waals surface area contributed by atoms with Gasteiger partial charge in [-0.1, -0.05) is 49.6 Å². The number of anilines is 1. The summed E-state index contributed by atoms with van der Waals surface area (Å²) in [6.07, 6.45) is 12.9. The zero-order valence-electron chi connectivity index (χ0n) is 18.1. The predicted molar refractivity (Wildman–Crippen MR) is 130 cm³/mol. The highest BCUT2D eigenvalue weighted by atomic mass is 32.1. The average molecular weight is 449 g/mol. The fourth-order valence-electron chi connectivity index (χ4n) is 4.88. The number of benzene rings is 1. The maximum Gasteiger partial charge on any atom is 0.264 e. The van der Waals surface area contributed by atoms with Gasteiger partial charge in [0.05, 0.1) is 5.39 Å². The van der Waals surface area contributed by atoms with E-state index in [0.29, 0.717) is 5.95 Å². The molecule has 0 radical (unpaired) electrons. The van der Waals surface area contributed by atoms with Crippen LogP contribution in [0.3, 0.4) is 0 Å². The highest BCUT2D eigenvalue weighted by molar-refractivity contribution is 7.18. The minimum Gasteiger partial charge on any atom is -0.274 e. The molecular formula is C25H28N4O2S. The minimum absolute atomic E-state index is 0.0397. The van der Waals surface area contributed by atoms with Crippen LogP contribution < -0.4 is 16.4 Å². The summed E-state index contributed by atoms with van der Waals surface area (Å²) in [4.78, 5) is 33.0. The van der Waals surface area contributed by atoms with Crippen LogP contribution in [0, 0.1) is 0 Å². The zero-order chi connectivity index (χ0) is 21.9. The van der Waals surface area contributed by atoms with Crippen molar-refractivity contribution in [3.63, 3.8) is 0 Å².